The van der Waals surface area contributed by atoms with E-state index in [1.165, 1.54) is 7.11 Å². The highest BCUT2D eigenvalue weighted by Crippen LogP contribution is 2.49. The van der Waals surface area contributed by atoms with E-state index in [0.29, 0.717) is 50.5 Å². The van der Waals surface area contributed by atoms with Crippen molar-refractivity contribution < 1.29 is 33.3 Å². The van der Waals surface area contributed by atoms with Crippen LogP contribution in [0.3, 0.4) is 0 Å². The smallest absolute Gasteiger partial charge is 0.336 e. The highest BCUT2D eigenvalue weighted by Gasteiger charge is 2.47. The van der Waals surface area contributed by atoms with Crippen LogP contribution in [0.25, 0.3) is 0 Å². The van der Waals surface area contributed by atoms with Crippen LogP contribution < -0.4 is 14.8 Å². The second-order valence-corrected chi connectivity index (χ2v) is 8.84. The summed E-state index contributed by atoms with van der Waals surface area (Å²) in [5, 5.41) is 3.23. The molecule has 1 aromatic carbocycles. The molecule has 0 unspecified atom stereocenters. The Kier molecular flexibility index (Phi) is 6.03. The van der Waals surface area contributed by atoms with Gasteiger partial charge in [0.2, 0.25) is 6.79 Å². The van der Waals surface area contributed by atoms with Gasteiger partial charge in [0.05, 0.1) is 19.3 Å². The highest BCUT2D eigenvalue weighted by molar-refractivity contribution is 9.10. The van der Waals surface area contributed by atoms with Crippen LogP contribution in [-0.2, 0) is 23.9 Å². The van der Waals surface area contributed by atoms with Gasteiger partial charge >= 0.3 is 11.9 Å². The van der Waals surface area contributed by atoms with Crippen molar-refractivity contribution in [1.82, 2.24) is 5.32 Å². The van der Waals surface area contributed by atoms with Gasteiger partial charge in [-0.05, 0) is 43.9 Å². The first-order valence-corrected chi connectivity index (χ1v) is 11.2. The second kappa shape index (κ2) is 8.61. The van der Waals surface area contributed by atoms with E-state index in [1.54, 1.807) is 26.0 Å². The molecule has 32 heavy (non-hydrogen) atoms. The monoisotopic (exact) mass is 505 g/mol. The van der Waals surface area contributed by atoms with E-state index in [0.717, 1.165) is 0 Å². The summed E-state index contributed by atoms with van der Waals surface area (Å²) >= 11 is 3.57. The van der Waals surface area contributed by atoms with Crippen LogP contribution >= 0.6 is 15.9 Å². The number of nitrogens with one attached hydrogen (secondary N) is 1. The molecule has 4 rings (SSSR count). The molecule has 0 spiro atoms. The zero-order chi connectivity index (χ0) is 23.2. The van der Waals surface area contributed by atoms with Crippen molar-refractivity contribution in [2.24, 2.45) is 11.8 Å². The molecule has 0 saturated carbocycles. The summed E-state index contributed by atoms with van der Waals surface area (Å²) < 4.78 is 21.9. The number of hydrogen-bond donors (Lipinski definition) is 1. The molecule has 0 fully saturated rings. The maximum Gasteiger partial charge on any atom is 0.336 e. The Morgan fingerprint density at radius 3 is 2.59 bits per heavy atom. The first-order valence-electron chi connectivity index (χ1n) is 10.4. The lowest BCUT2D eigenvalue weighted by Gasteiger charge is -2.38. The lowest BCUT2D eigenvalue weighted by Crippen LogP contribution is -2.43. The van der Waals surface area contributed by atoms with E-state index >= 15 is 0 Å². The second-order valence-electron chi connectivity index (χ2n) is 7.98. The third kappa shape index (κ3) is 3.58. The molecule has 0 bridgehead atoms. The number of fused-ring (bicyclic) bond motifs is 1. The molecule has 0 aromatic heterocycles. The first-order chi connectivity index (χ1) is 15.3. The zero-order valence-corrected chi connectivity index (χ0v) is 19.8. The van der Waals surface area contributed by atoms with E-state index in [1.807, 2.05) is 6.92 Å². The van der Waals surface area contributed by atoms with Gasteiger partial charge < -0.3 is 24.3 Å². The fourth-order valence-electron chi connectivity index (χ4n) is 4.63. The van der Waals surface area contributed by atoms with Crippen LogP contribution in [0.15, 0.2) is 39.1 Å². The molecule has 8 nitrogen and oxygen atoms in total. The summed E-state index contributed by atoms with van der Waals surface area (Å²) in [5.74, 6) is -2.33. The minimum absolute atomic E-state index is 0.0891. The summed E-state index contributed by atoms with van der Waals surface area (Å²) in [6, 6.07) is 3.52. The number of methoxy groups -OCH3 is 1. The molecule has 0 amide bonds. The van der Waals surface area contributed by atoms with Crippen LogP contribution in [0.5, 0.6) is 11.5 Å². The number of ketones is 1. The number of esters is 2. The number of ether oxygens (including phenoxy) is 4. The average molecular weight is 506 g/mol. The van der Waals surface area contributed by atoms with Crippen molar-refractivity contribution in [3.05, 3.63) is 44.7 Å². The van der Waals surface area contributed by atoms with E-state index in [-0.39, 0.29) is 25.1 Å². The number of rotatable bonds is 4. The molecule has 3 aliphatic rings. The van der Waals surface area contributed by atoms with Crippen molar-refractivity contribution in [3.8, 4) is 11.5 Å². The summed E-state index contributed by atoms with van der Waals surface area (Å²) in [7, 11) is 1.27. The maximum atomic E-state index is 13.7. The lowest BCUT2D eigenvalue weighted by atomic mass is 9.69. The van der Waals surface area contributed by atoms with Crippen LogP contribution in [0, 0.1) is 11.8 Å². The van der Waals surface area contributed by atoms with Gasteiger partial charge in [-0.3, -0.25) is 9.59 Å². The molecule has 2 aliphatic heterocycles. The predicted molar refractivity (Wildman–Crippen MR) is 117 cm³/mol. The minimum atomic E-state index is -0.947. The van der Waals surface area contributed by atoms with E-state index in [4.69, 9.17) is 18.9 Å². The Morgan fingerprint density at radius 2 is 1.94 bits per heavy atom. The van der Waals surface area contributed by atoms with Crippen molar-refractivity contribution in [3.63, 3.8) is 0 Å². The van der Waals surface area contributed by atoms with Crippen LogP contribution in [0.1, 0.15) is 38.7 Å². The number of allylic oxidation sites excluding steroid dienone is 3. The van der Waals surface area contributed by atoms with Crippen molar-refractivity contribution in [1.29, 1.82) is 0 Å². The van der Waals surface area contributed by atoms with Gasteiger partial charge in [-0.25, -0.2) is 4.79 Å². The van der Waals surface area contributed by atoms with E-state index in [9.17, 15) is 14.4 Å². The van der Waals surface area contributed by atoms with Crippen LogP contribution in [0.2, 0.25) is 0 Å². The number of hydrogen-bond acceptors (Lipinski definition) is 8. The zero-order valence-electron chi connectivity index (χ0n) is 18.2. The SMILES string of the molecule is CCOC(=O)C1=C(C)NC2=C(C(=O)[C@H](C(=O)OC)[C@H](C)C2)[C@H]1c1cc2c(cc1Br)OCO2. The number of Topliss-reactive ketones (excluding diaryl/α,β-unsaturated/α-hetero) is 1. The molecule has 170 valence electrons. The number of benzene rings is 1. The number of carbonyl (C=O) groups is 3. The summed E-state index contributed by atoms with van der Waals surface area (Å²) in [4.78, 5) is 39.2. The van der Waals surface area contributed by atoms with Crippen molar-refractivity contribution >= 4 is 33.7 Å². The topological polar surface area (TPSA) is 100 Å². The van der Waals surface area contributed by atoms with Gasteiger partial charge in [-0.15, -0.1) is 0 Å². The molecule has 2 heterocycles. The fraction of sp³-hybridized carbons (Fsp3) is 0.435. The Labute approximate surface area is 194 Å². The Hall–Kier alpha value is -2.81. The normalized spacial score (nSPS) is 24.2. The molecule has 3 atom stereocenters. The molecule has 9 heteroatoms. The molecular formula is C23H24BrNO7. The molecule has 1 aliphatic carbocycles. The largest absolute Gasteiger partial charge is 0.468 e. The third-order valence-corrected chi connectivity index (χ3v) is 6.73. The standard InChI is InChI=1S/C23H24BrNO7/c1-5-30-23(28)18-11(3)25-14-6-10(2)17(22(27)29-4)21(26)20(14)19(18)12-7-15-16(8-13(12)24)32-9-31-15/h7-8,10,17,19,25H,5-6,9H2,1-4H3/t10-,17-,19+/m1/s1. The van der Waals surface area contributed by atoms with E-state index < -0.39 is 23.8 Å². The van der Waals surface area contributed by atoms with Crippen molar-refractivity contribution in [2.45, 2.75) is 33.1 Å². The molecule has 0 radical (unpaired) electrons. The quantitative estimate of drug-likeness (QED) is 0.491. The molecule has 1 N–H and O–H groups in total. The Balaban J connectivity index is 1.92. The van der Waals surface area contributed by atoms with Gasteiger partial charge in [0.15, 0.2) is 17.3 Å². The Morgan fingerprint density at radius 1 is 1.25 bits per heavy atom. The number of halogens is 1. The van der Waals surface area contributed by atoms with Gasteiger partial charge in [0.1, 0.15) is 5.92 Å². The summed E-state index contributed by atoms with van der Waals surface area (Å²) in [5.41, 5.74) is 2.64. The molecular weight excluding hydrogens is 482 g/mol. The first kappa shape index (κ1) is 22.4. The fourth-order valence-corrected chi connectivity index (χ4v) is 5.18. The minimum Gasteiger partial charge on any atom is -0.468 e. The lowest BCUT2D eigenvalue weighted by molar-refractivity contribution is -0.151. The number of carbonyl (C=O) groups excluding carboxylic acids is 3. The third-order valence-electron chi connectivity index (χ3n) is 6.04. The summed E-state index contributed by atoms with van der Waals surface area (Å²) in [6.07, 6.45) is 0.465. The van der Waals surface area contributed by atoms with E-state index in [2.05, 4.69) is 21.2 Å². The predicted octanol–water partition coefficient (Wildman–Crippen LogP) is 3.35. The number of dihydropyridines is 1. The van der Waals surface area contributed by atoms with Gasteiger partial charge in [-0.1, -0.05) is 22.9 Å². The van der Waals surface area contributed by atoms with Crippen molar-refractivity contribution in [2.75, 3.05) is 20.5 Å². The van der Waals surface area contributed by atoms with Crippen LogP contribution in [-0.4, -0.2) is 38.2 Å². The molecule has 1 aromatic rings. The highest BCUT2D eigenvalue weighted by atomic mass is 79.9. The summed E-state index contributed by atoms with van der Waals surface area (Å²) in [6.45, 7) is 5.63. The van der Waals surface area contributed by atoms with Crippen LogP contribution in [0.4, 0.5) is 0 Å². The Bertz CT molecular complexity index is 1070. The average Bonchev–Trinajstić information content (AvgIpc) is 3.19. The van der Waals surface area contributed by atoms with Gasteiger partial charge in [-0.2, -0.15) is 0 Å². The molecule has 0 saturated heterocycles. The maximum absolute atomic E-state index is 13.7. The van der Waals surface area contributed by atoms with Gasteiger partial charge in [0, 0.05) is 27.4 Å². The van der Waals surface area contributed by atoms with Gasteiger partial charge in [0.25, 0.3) is 0 Å².